The van der Waals surface area contributed by atoms with Gasteiger partial charge in [-0.1, -0.05) is 20.8 Å². The molecule has 0 aromatic heterocycles. The van der Waals surface area contributed by atoms with Crippen LogP contribution >= 0.6 is 0 Å². The lowest BCUT2D eigenvalue weighted by Crippen LogP contribution is -2.45. The molecule has 1 fully saturated rings. The summed E-state index contributed by atoms with van der Waals surface area (Å²) in [5.74, 6) is 0. The summed E-state index contributed by atoms with van der Waals surface area (Å²) in [6.45, 7) is 11.9. The average molecular weight is 242 g/mol. The minimum atomic E-state index is 0.313. The molecule has 0 aliphatic carbocycles. The highest BCUT2D eigenvalue weighted by Crippen LogP contribution is 2.21. The van der Waals surface area contributed by atoms with E-state index in [4.69, 9.17) is 5.11 Å². The summed E-state index contributed by atoms with van der Waals surface area (Å²) in [4.78, 5) is 5.01. The number of rotatable bonds is 5. The molecule has 1 saturated heterocycles. The van der Waals surface area contributed by atoms with E-state index in [2.05, 4.69) is 37.6 Å². The molecular weight excluding hydrogens is 212 g/mol. The summed E-state index contributed by atoms with van der Waals surface area (Å²) < 4.78 is 0. The van der Waals surface area contributed by atoms with Gasteiger partial charge in [0.15, 0.2) is 0 Å². The molecule has 1 N–H and O–H groups in total. The molecule has 3 nitrogen and oxygen atoms in total. The SMILES string of the molecule is CN(CCCO)C1CCN(CC(C)(C)C)CC1. The smallest absolute Gasteiger partial charge is 0.0443 e. The Balaban J connectivity index is 2.25. The number of hydrogen-bond donors (Lipinski definition) is 1. The lowest BCUT2D eigenvalue weighted by molar-refractivity contribution is 0.0986. The van der Waals surface area contributed by atoms with Crippen molar-refractivity contribution in [1.82, 2.24) is 9.80 Å². The van der Waals surface area contributed by atoms with Crippen molar-refractivity contribution in [2.75, 3.05) is 39.8 Å². The van der Waals surface area contributed by atoms with Crippen molar-refractivity contribution in [3.8, 4) is 0 Å². The minimum Gasteiger partial charge on any atom is -0.396 e. The quantitative estimate of drug-likeness (QED) is 0.796. The Labute approximate surface area is 107 Å². The molecule has 0 atom stereocenters. The van der Waals surface area contributed by atoms with E-state index in [1.165, 1.54) is 32.5 Å². The van der Waals surface area contributed by atoms with Gasteiger partial charge >= 0.3 is 0 Å². The van der Waals surface area contributed by atoms with Crippen LogP contribution < -0.4 is 0 Å². The number of aliphatic hydroxyl groups excluding tert-OH is 1. The van der Waals surface area contributed by atoms with Crippen molar-refractivity contribution in [2.24, 2.45) is 5.41 Å². The first-order chi connectivity index (χ1) is 7.92. The van der Waals surface area contributed by atoms with Crippen molar-refractivity contribution in [3.05, 3.63) is 0 Å². The Morgan fingerprint density at radius 2 is 1.82 bits per heavy atom. The molecule has 1 aliphatic heterocycles. The van der Waals surface area contributed by atoms with E-state index < -0.39 is 0 Å². The summed E-state index contributed by atoms with van der Waals surface area (Å²) in [5, 5.41) is 8.85. The molecule has 1 aliphatic rings. The Kier molecular flexibility index (Phi) is 5.90. The fraction of sp³-hybridized carbons (Fsp3) is 1.00. The van der Waals surface area contributed by atoms with Crippen LogP contribution in [0.5, 0.6) is 0 Å². The highest BCUT2D eigenvalue weighted by Gasteiger charge is 2.24. The molecule has 102 valence electrons. The molecule has 1 rings (SSSR count). The first-order valence-electron chi connectivity index (χ1n) is 6.96. The van der Waals surface area contributed by atoms with Gasteiger partial charge in [-0.05, 0) is 44.8 Å². The van der Waals surface area contributed by atoms with Crippen LogP contribution in [0.3, 0.4) is 0 Å². The molecule has 17 heavy (non-hydrogen) atoms. The standard InChI is InChI=1S/C14H30N2O/c1-14(2,3)12-16-9-6-13(7-10-16)15(4)8-5-11-17/h13,17H,5-12H2,1-4H3. The third-order valence-electron chi connectivity index (χ3n) is 3.55. The van der Waals surface area contributed by atoms with E-state index in [1.54, 1.807) is 0 Å². The van der Waals surface area contributed by atoms with Gasteiger partial charge < -0.3 is 14.9 Å². The zero-order valence-electron chi connectivity index (χ0n) is 12.1. The number of aliphatic hydroxyl groups is 1. The molecule has 0 bridgehead atoms. The summed E-state index contributed by atoms with van der Waals surface area (Å²) in [7, 11) is 2.19. The maximum Gasteiger partial charge on any atom is 0.0443 e. The van der Waals surface area contributed by atoms with Crippen molar-refractivity contribution in [2.45, 2.75) is 46.1 Å². The first kappa shape index (κ1) is 14.9. The van der Waals surface area contributed by atoms with E-state index in [0.717, 1.165) is 19.0 Å². The first-order valence-corrected chi connectivity index (χ1v) is 6.96. The highest BCUT2D eigenvalue weighted by atomic mass is 16.3. The van der Waals surface area contributed by atoms with Crippen LogP contribution in [-0.4, -0.2) is 60.8 Å². The second kappa shape index (κ2) is 6.72. The third kappa shape index (κ3) is 5.84. The van der Waals surface area contributed by atoms with Gasteiger partial charge in [-0.25, -0.2) is 0 Å². The summed E-state index contributed by atoms with van der Waals surface area (Å²) >= 11 is 0. The summed E-state index contributed by atoms with van der Waals surface area (Å²) in [5.41, 5.74) is 0.412. The van der Waals surface area contributed by atoms with Crippen LogP contribution in [0.1, 0.15) is 40.0 Å². The average Bonchev–Trinajstić information content (AvgIpc) is 2.24. The van der Waals surface area contributed by atoms with Crippen LogP contribution in [0, 0.1) is 5.41 Å². The van der Waals surface area contributed by atoms with Crippen LogP contribution in [-0.2, 0) is 0 Å². The molecule has 0 radical (unpaired) electrons. The predicted molar refractivity (Wildman–Crippen MR) is 73.2 cm³/mol. The minimum absolute atomic E-state index is 0.313. The molecule has 0 unspecified atom stereocenters. The number of likely N-dealkylation sites (tertiary alicyclic amines) is 1. The molecule has 0 aromatic rings. The van der Waals surface area contributed by atoms with Crippen LogP contribution in [0.4, 0.5) is 0 Å². The lowest BCUT2D eigenvalue weighted by atomic mass is 9.94. The Morgan fingerprint density at radius 1 is 1.24 bits per heavy atom. The second-order valence-corrected chi connectivity index (χ2v) is 6.63. The van der Waals surface area contributed by atoms with Gasteiger partial charge in [0, 0.05) is 25.7 Å². The molecule has 1 heterocycles. The zero-order valence-corrected chi connectivity index (χ0v) is 12.1. The van der Waals surface area contributed by atoms with Crippen molar-refractivity contribution < 1.29 is 5.11 Å². The topological polar surface area (TPSA) is 26.7 Å². The Morgan fingerprint density at radius 3 is 2.29 bits per heavy atom. The van der Waals surface area contributed by atoms with E-state index in [0.29, 0.717) is 12.0 Å². The lowest BCUT2D eigenvalue weighted by Gasteiger charge is -2.39. The van der Waals surface area contributed by atoms with Gasteiger partial charge in [0.2, 0.25) is 0 Å². The Bertz CT molecular complexity index is 205. The van der Waals surface area contributed by atoms with Gasteiger partial charge in [-0.15, -0.1) is 0 Å². The molecule has 0 amide bonds. The van der Waals surface area contributed by atoms with E-state index in [9.17, 15) is 0 Å². The summed E-state index contributed by atoms with van der Waals surface area (Å²) in [6.07, 6.45) is 3.45. The fourth-order valence-electron chi connectivity index (χ4n) is 2.69. The third-order valence-corrected chi connectivity index (χ3v) is 3.55. The van der Waals surface area contributed by atoms with Crippen LogP contribution in [0.15, 0.2) is 0 Å². The largest absolute Gasteiger partial charge is 0.396 e. The van der Waals surface area contributed by atoms with Crippen LogP contribution in [0.2, 0.25) is 0 Å². The van der Waals surface area contributed by atoms with Gasteiger partial charge in [-0.2, -0.15) is 0 Å². The van der Waals surface area contributed by atoms with Crippen LogP contribution in [0.25, 0.3) is 0 Å². The number of hydrogen-bond acceptors (Lipinski definition) is 3. The molecule has 0 aromatic carbocycles. The maximum absolute atomic E-state index is 8.85. The van der Waals surface area contributed by atoms with Gasteiger partial charge in [0.1, 0.15) is 0 Å². The van der Waals surface area contributed by atoms with Crippen molar-refractivity contribution >= 4 is 0 Å². The van der Waals surface area contributed by atoms with E-state index >= 15 is 0 Å². The van der Waals surface area contributed by atoms with Gasteiger partial charge in [-0.3, -0.25) is 0 Å². The van der Waals surface area contributed by atoms with E-state index in [-0.39, 0.29) is 0 Å². The predicted octanol–water partition coefficient (Wildman–Crippen LogP) is 1.81. The molecule has 0 spiro atoms. The molecular formula is C14H30N2O. The summed E-state index contributed by atoms with van der Waals surface area (Å²) in [6, 6.07) is 0.720. The maximum atomic E-state index is 8.85. The number of piperidine rings is 1. The molecule has 0 saturated carbocycles. The van der Waals surface area contributed by atoms with E-state index in [1.807, 2.05) is 0 Å². The fourth-order valence-corrected chi connectivity index (χ4v) is 2.69. The van der Waals surface area contributed by atoms with Gasteiger partial charge in [0.05, 0.1) is 0 Å². The van der Waals surface area contributed by atoms with Crippen molar-refractivity contribution in [3.63, 3.8) is 0 Å². The monoisotopic (exact) mass is 242 g/mol. The number of nitrogens with zero attached hydrogens (tertiary/aromatic N) is 2. The normalized spacial score (nSPS) is 20.1. The second-order valence-electron chi connectivity index (χ2n) is 6.63. The van der Waals surface area contributed by atoms with Gasteiger partial charge in [0.25, 0.3) is 0 Å². The Hall–Kier alpha value is -0.120. The highest BCUT2D eigenvalue weighted by molar-refractivity contribution is 4.80. The zero-order chi connectivity index (χ0) is 12.9. The van der Waals surface area contributed by atoms with Crippen molar-refractivity contribution in [1.29, 1.82) is 0 Å². The molecule has 3 heteroatoms.